The minimum Gasteiger partial charge on any atom is -0.507 e. The van der Waals surface area contributed by atoms with Gasteiger partial charge < -0.3 is 9.84 Å². The molecular formula is C25H20FNO4. The highest BCUT2D eigenvalue weighted by molar-refractivity contribution is 6.51. The van der Waals surface area contributed by atoms with Gasteiger partial charge in [-0.05, 0) is 37.3 Å². The van der Waals surface area contributed by atoms with Gasteiger partial charge in [-0.3, -0.25) is 14.5 Å². The first-order valence-electron chi connectivity index (χ1n) is 9.69. The van der Waals surface area contributed by atoms with E-state index in [0.29, 0.717) is 11.4 Å². The molecule has 4 rings (SSSR count). The number of rotatable bonds is 4. The van der Waals surface area contributed by atoms with Gasteiger partial charge in [-0.1, -0.05) is 48.0 Å². The van der Waals surface area contributed by atoms with E-state index in [1.54, 1.807) is 54.6 Å². The van der Waals surface area contributed by atoms with Crippen molar-refractivity contribution in [2.45, 2.75) is 13.0 Å². The van der Waals surface area contributed by atoms with Crippen molar-refractivity contribution in [3.8, 4) is 5.75 Å². The summed E-state index contributed by atoms with van der Waals surface area (Å²) >= 11 is 0. The molecule has 0 saturated carbocycles. The fourth-order valence-corrected chi connectivity index (χ4v) is 3.83. The quantitative estimate of drug-likeness (QED) is 0.377. The predicted octanol–water partition coefficient (Wildman–Crippen LogP) is 4.77. The molecule has 3 aromatic carbocycles. The molecule has 1 aliphatic heterocycles. The van der Waals surface area contributed by atoms with E-state index in [1.165, 1.54) is 30.2 Å². The van der Waals surface area contributed by atoms with Crippen LogP contribution in [0.25, 0.3) is 5.76 Å². The Balaban J connectivity index is 2.01. The van der Waals surface area contributed by atoms with Crippen LogP contribution in [0.1, 0.15) is 22.7 Å². The van der Waals surface area contributed by atoms with Gasteiger partial charge in [0, 0.05) is 11.3 Å². The van der Waals surface area contributed by atoms with E-state index in [1.807, 2.05) is 6.92 Å². The van der Waals surface area contributed by atoms with E-state index in [9.17, 15) is 19.1 Å². The highest BCUT2D eigenvalue weighted by atomic mass is 19.1. The lowest BCUT2D eigenvalue weighted by Gasteiger charge is -2.25. The third-order valence-corrected chi connectivity index (χ3v) is 5.29. The Bertz CT molecular complexity index is 1200. The molecule has 156 valence electrons. The first kappa shape index (κ1) is 20.3. The van der Waals surface area contributed by atoms with Gasteiger partial charge in [0.15, 0.2) is 0 Å². The molecule has 0 spiro atoms. The fraction of sp³-hybridized carbons (Fsp3) is 0.120. The molecule has 0 aromatic heterocycles. The molecule has 1 heterocycles. The average Bonchev–Trinajstić information content (AvgIpc) is 3.04. The standard InChI is InChI=1S/C25H20FNO4/c1-15-12-13-20(31-2)18(14-15)23(28)21-22(17-10-6-7-11-19(17)26)27(25(30)24(21)29)16-8-4-3-5-9-16/h3-14,22,28H,1-2H3/b23-21+. The molecule has 31 heavy (non-hydrogen) atoms. The molecule has 1 aliphatic rings. The molecule has 1 saturated heterocycles. The molecule has 1 amide bonds. The van der Waals surface area contributed by atoms with E-state index in [4.69, 9.17) is 4.74 Å². The third kappa shape index (κ3) is 3.46. The molecule has 1 atom stereocenters. The Morgan fingerprint density at radius 1 is 1.00 bits per heavy atom. The van der Waals surface area contributed by atoms with E-state index >= 15 is 0 Å². The van der Waals surface area contributed by atoms with Crippen LogP contribution in [0.2, 0.25) is 0 Å². The maximum atomic E-state index is 14.9. The number of amides is 1. The molecular weight excluding hydrogens is 397 g/mol. The Labute approximate surface area is 179 Å². The van der Waals surface area contributed by atoms with Crippen molar-refractivity contribution in [3.05, 3.63) is 101 Å². The lowest BCUT2D eigenvalue weighted by Crippen LogP contribution is -2.29. The number of methoxy groups -OCH3 is 1. The van der Waals surface area contributed by atoms with Crippen molar-refractivity contribution in [2.75, 3.05) is 12.0 Å². The number of carbonyl (C=O) groups excluding carboxylic acids is 2. The molecule has 3 aromatic rings. The highest BCUT2D eigenvalue weighted by Gasteiger charge is 2.48. The largest absolute Gasteiger partial charge is 0.507 e. The van der Waals surface area contributed by atoms with E-state index in [-0.39, 0.29) is 16.7 Å². The number of aliphatic hydroxyl groups excluding tert-OH is 1. The van der Waals surface area contributed by atoms with E-state index in [0.717, 1.165) is 5.56 Å². The van der Waals surface area contributed by atoms with Gasteiger partial charge in [0.05, 0.1) is 24.3 Å². The number of hydrogen-bond acceptors (Lipinski definition) is 4. The second-order valence-electron chi connectivity index (χ2n) is 7.23. The van der Waals surface area contributed by atoms with Crippen LogP contribution < -0.4 is 9.64 Å². The minimum atomic E-state index is -1.13. The third-order valence-electron chi connectivity index (χ3n) is 5.29. The van der Waals surface area contributed by atoms with Gasteiger partial charge in [-0.25, -0.2) is 4.39 Å². The summed E-state index contributed by atoms with van der Waals surface area (Å²) in [6, 6.07) is 18.4. The normalized spacial score (nSPS) is 17.8. The Kier molecular flexibility index (Phi) is 5.29. The number of ether oxygens (including phenoxy) is 1. The summed E-state index contributed by atoms with van der Waals surface area (Å²) in [6.45, 7) is 1.83. The minimum absolute atomic E-state index is 0.110. The van der Waals surface area contributed by atoms with Crippen LogP contribution in [0.15, 0.2) is 78.4 Å². The van der Waals surface area contributed by atoms with Crippen molar-refractivity contribution in [3.63, 3.8) is 0 Å². The summed E-state index contributed by atoms with van der Waals surface area (Å²) in [7, 11) is 1.44. The van der Waals surface area contributed by atoms with Crippen LogP contribution in [0.3, 0.4) is 0 Å². The maximum absolute atomic E-state index is 14.9. The second-order valence-corrected chi connectivity index (χ2v) is 7.23. The molecule has 1 N–H and O–H groups in total. The number of aryl methyl sites for hydroxylation is 1. The molecule has 6 heteroatoms. The number of halogens is 1. The Hall–Kier alpha value is -3.93. The number of para-hydroxylation sites is 1. The molecule has 1 unspecified atom stereocenters. The van der Waals surface area contributed by atoms with Gasteiger partial charge in [0.1, 0.15) is 17.3 Å². The highest BCUT2D eigenvalue weighted by Crippen LogP contribution is 2.43. The predicted molar refractivity (Wildman–Crippen MR) is 115 cm³/mol. The maximum Gasteiger partial charge on any atom is 0.300 e. The van der Waals surface area contributed by atoms with Crippen molar-refractivity contribution >= 4 is 23.1 Å². The topological polar surface area (TPSA) is 66.8 Å². The van der Waals surface area contributed by atoms with Crippen molar-refractivity contribution in [1.29, 1.82) is 0 Å². The zero-order valence-electron chi connectivity index (χ0n) is 17.0. The van der Waals surface area contributed by atoms with Gasteiger partial charge in [-0.2, -0.15) is 0 Å². The van der Waals surface area contributed by atoms with Crippen LogP contribution in [0, 0.1) is 12.7 Å². The summed E-state index contributed by atoms with van der Waals surface area (Å²) < 4.78 is 20.2. The smallest absolute Gasteiger partial charge is 0.300 e. The summed E-state index contributed by atoms with van der Waals surface area (Å²) in [5.74, 6) is -2.39. The number of anilines is 1. The molecule has 5 nitrogen and oxygen atoms in total. The lowest BCUT2D eigenvalue weighted by molar-refractivity contribution is -0.132. The number of ketones is 1. The van der Waals surface area contributed by atoms with Crippen LogP contribution in [0.5, 0.6) is 5.75 Å². The number of benzene rings is 3. The first-order valence-corrected chi connectivity index (χ1v) is 9.69. The van der Waals surface area contributed by atoms with Crippen molar-refractivity contribution in [2.24, 2.45) is 0 Å². The Morgan fingerprint density at radius 3 is 2.35 bits per heavy atom. The molecule has 0 radical (unpaired) electrons. The molecule has 0 aliphatic carbocycles. The summed E-state index contributed by atoms with van der Waals surface area (Å²) in [5, 5.41) is 11.2. The van der Waals surface area contributed by atoms with Crippen LogP contribution in [0.4, 0.5) is 10.1 Å². The average molecular weight is 417 g/mol. The number of aliphatic hydroxyl groups is 1. The van der Waals surface area contributed by atoms with Crippen molar-refractivity contribution in [1.82, 2.24) is 0 Å². The number of nitrogens with zero attached hydrogens (tertiary/aromatic N) is 1. The Morgan fingerprint density at radius 2 is 1.68 bits per heavy atom. The summed E-state index contributed by atoms with van der Waals surface area (Å²) in [5.41, 5.74) is 1.42. The van der Waals surface area contributed by atoms with E-state index < -0.39 is 29.3 Å². The van der Waals surface area contributed by atoms with Gasteiger partial charge >= 0.3 is 0 Å². The van der Waals surface area contributed by atoms with Crippen molar-refractivity contribution < 1.29 is 23.8 Å². The molecule has 1 fully saturated rings. The number of hydrogen-bond donors (Lipinski definition) is 1. The lowest BCUT2D eigenvalue weighted by atomic mass is 9.94. The van der Waals surface area contributed by atoms with Gasteiger partial charge in [0.25, 0.3) is 11.7 Å². The van der Waals surface area contributed by atoms with Gasteiger partial charge in [-0.15, -0.1) is 0 Å². The van der Waals surface area contributed by atoms with Gasteiger partial charge in [0.2, 0.25) is 0 Å². The zero-order chi connectivity index (χ0) is 22.1. The molecule has 0 bridgehead atoms. The fourth-order valence-electron chi connectivity index (χ4n) is 3.83. The first-order chi connectivity index (χ1) is 14.9. The SMILES string of the molecule is COc1ccc(C)cc1/C(O)=C1\C(=O)C(=O)N(c2ccccc2)C1c1ccccc1F. The van der Waals surface area contributed by atoms with Crippen LogP contribution >= 0.6 is 0 Å². The zero-order valence-corrected chi connectivity index (χ0v) is 17.0. The monoisotopic (exact) mass is 417 g/mol. The second kappa shape index (κ2) is 8.07. The van der Waals surface area contributed by atoms with E-state index in [2.05, 4.69) is 0 Å². The van der Waals surface area contributed by atoms with Crippen LogP contribution in [-0.4, -0.2) is 23.9 Å². The number of carbonyl (C=O) groups is 2. The number of Topliss-reactive ketones (excluding diaryl/α,β-unsaturated/α-hetero) is 1. The summed E-state index contributed by atoms with van der Waals surface area (Å²) in [4.78, 5) is 27.4. The van der Waals surface area contributed by atoms with Crippen LogP contribution in [-0.2, 0) is 9.59 Å². The summed E-state index contributed by atoms with van der Waals surface area (Å²) in [6.07, 6.45) is 0.